The Bertz CT molecular complexity index is 78.5. The summed E-state index contributed by atoms with van der Waals surface area (Å²) in [5.74, 6) is 0. The minimum atomic E-state index is 0.218. The number of methoxy groups -OCH3 is 1. The van der Waals surface area contributed by atoms with Gasteiger partial charge in [-0.05, 0) is 6.42 Å². The maximum atomic E-state index is 5.48. The van der Waals surface area contributed by atoms with Gasteiger partial charge in [0.2, 0.25) is 0 Å². The lowest BCUT2D eigenvalue weighted by molar-refractivity contribution is 0.0175. The van der Waals surface area contributed by atoms with Gasteiger partial charge in [0.15, 0.2) is 0 Å². The molecule has 1 unspecified atom stereocenters. The summed E-state index contributed by atoms with van der Waals surface area (Å²) >= 11 is 0. The van der Waals surface area contributed by atoms with Crippen molar-refractivity contribution in [1.29, 1.82) is 0 Å². The lowest BCUT2D eigenvalue weighted by atomic mass is 10.2. The van der Waals surface area contributed by atoms with Crippen LogP contribution >= 0.6 is 0 Å². The molecule has 0 aliphatic carbocycles. The Labute approximate surface area is 68.9 Å². The second kappa shape index (κ2) is 7.98. The fourth-order valence-corrected chi connectivity index (χ4v) is 0.889. The molecule has 0 aromatic rings. The van der Waals surface area contributed by atoms with Crippen LogP contribution in [0.5, 0.6) is 0 Å². The molecule has 0 aromatic heterocycles. The van der Waals surface area contributed by atoms with E-state index in [1.54, 1.807) is 7.11 Å². The van der Waals surface area contributed by atoms with Gasteiger partial charge in [-0.25, -0.2) is 0 Å². The fraction of sp³-hybridized carbons (Fsp3) is 1.00. The van der Waals surface area contributed by atoms with Gasteiger partial charge in [0.05, 0.1) is 19.3 Å². The Morgan fingerprint density at radius 2 is 2.09 bits per heavy atom. The molecule has 0 aromatic carbocycles. The molecule has 3 heteroatoms. The molecule has 0 bridgehead atoms. The Balaban J connectivity index is 3.20. The minimum absolute atomic E-state index is 0.218. The van der Waals surface area contributed by atoms with Gasteiger partial charge in [-0.3, -0.25) is 0 Å². The van der Waals surface area contributed by atoms with Crippen molar-refractivity contribution in [2.24, 2.45) is 5.73 Å². The Morgan fingerprint density at radius 3 is 2.55 bits per heavy atom. The van der Waals surface area contributed by atoms with Crippen molar-refractivity contribution in [1.82, 2.24) is 0 Å². The topological polar surface area (TPSA) is 44.5 Å². The monoisotopic (exact) mass is 161 g/mol. The molecule has 0 radical (unpaired) electrons. The molecule has 0 rings (SSSR count). The van der Waals surface area contributed by atoms with Crippen molar-refractivity contribution in [3.63, 3.8) is 0 Å². The van der Waals surface area contributed by atoms with E-state index in [9.17, 15) is 0 Å². The Kier molecular flexibility index (Phi) is 7.89. The predicted molar refractivity (Wildman–Crippen MR) is 45.6 cm³/mol. The molecule has 0 aliphatic rings. The number of rotatable bonds is 7. The molecular formula is C8H19NO2. The van der Waals surface area contributed by atoms with Crippen molar-refractivity contribution in [2.45, 2.75) is 25.9 Å². The smallest absolute Gasteiger partial charge is 0.0704 e. The van der Waals surface area contributed by atoms with Gasteiger partial charge in [-0.15, -0.1) is 0 Å². The molecule has 2 N–H and O–H groups in total. The van der Waals surface area contributed by atoms with Crippen LogP contribution in [0.3, 0.4) is 0 Å². The molecule has 68 valence electrons. The van der Waals surface area contributed by atoms with E-state index in [1.807, 2.05) is 0 Å². The zero-order valence-corrected chi connectivity index (χ0v) is 7.51. The molecule has 1 atom stereocenters. The highest BCUT2D eigenvalue weighted by Crippen LogP contribution is 1.99. The molecule has 0 spiro atoms. The third kappa shape index (κ3) is 6.28. The summed E-state index contributed by atoms with van der Waals surface area (Å²) in [5.41, 5.74) is 5.48. The van der Waals surface area contributed by atoms with Gasteiger partial charge < -0.3 is 15.2 Å². The molecule has 0 aliphatic heterocycles. The highest BCUT2D eigenvalue weighted by atomic mass is 16.5. The van der Waals surface area contributed by atoms with Crippen LogP contribution in [-0.4, -0.2) is 33.0 Å². The SMILES string of the molecule is CCCC(CN)OCCOC. The molecule has 0 saturated heterocycles. The van der Waals surface area contributed by atoms with Crippen LogP contribution in [0, 0.1) is 0 Å². The number of hydrogen-bond donors (Lipinski definition) is 1. The zero-order valence-electron chi connectivity index (χ0n) is 7.51. The van der Waals surface area contributed by atoms with Crippen LogP contribution in [-0.2, 0) is 9.47 Å². The molecule has 0 amide bonds. The number of hydrogen-bond acceptors (Lipinski definition) is 3. The van der Waals surface area contributed by atoms with Crippen LogP contribution in [0.2, 0.25) is 0 Å². The van der Waals surface area contributed by atoms with E-state index < -0.39 is 0 Å². The van der Waals surface area contributed by atoms with Crippen LogP contribution in [0.25, 0.3) is 0 Å². The Hall–Kier alpha value is -0.120. The molecule has 11 heavy (non-hydrogen) atoms. The minimum Gasteiger partial charge on any atom is -0.382 e. The average Bonchev–Trinajstić information content (AvgIpc) is 2.03. The molecule has 3 nitrogen and oxygen atoms in total. The second-order valence-electron chi connectivity index (χ2n) is 2.51. The first kappa shape index (κ1) is 10.9. The van der Waals surface area contributed by atoms with Crippen molar-refractivity contribution < 1.29 is 9.47 Å². The van der Waals surface area contributed by atoms with Crippen LogP contribution in [0.1, 0.15) is 19.8 Å². The van der Waals surface area contributed by atoms with Crippen LogP contribution < -0.4 is 5.73 Å². The fourth-order valence-electron chi connectivity index (χ4n) is 0.889. The standard InChI is InChI=1S/C8H19NO2/c1-3-4-8(7-9)11-6-5-10-2/h8H,3-7,9H2,1-2H3. The summed E-state index contributed by atoms with van der Waals surface area (Å²) in [6.07, 6.45) is 2.38. The maximum absolute atomic E-state index is 5.48. The zero-order chi connectivity index (χ0) is 8.53. The van der Waals surface area contributed by atoms with E-state index in [0.29, 0.717) is 19.8 Å². The lowest BCUT2D eigenvalue weighted by Gasteiger charge is -2.14. The van der Waals surface area contributed by atoms with Gasteiger partial charge in [0.1, 0.15) is 0 Å². The van der Waals surface area contributed by atoms with E-state index in [2.05, 4.69) is 6.92 Å². The first-order chi connectivity index (χ1) is 5.35. The van der Waals surface area contributed by atoms with E-state index >= 15 is 0 Å². The highest BCUT2D eigenvalue weighted by molar-refractivity contribution is 4.56. The summed E-state index contributed by atoms with van der Waals surface area (Å²) < 4.78 is 10.3. The second-order valence-corrected chi connectivity index (χ2v) is 2.51. The Morgan fingerprint density at radius 1 is 1.36 bits per heavy atom. The quantitative estimate of drug-likeness (QED) is 0.561. The first-order valence-corrected chi connectivity index (χ1v) is 4.15. The van der Waals surface area contributed by atoms with E-state index in [4.69, 9.17) is 15.2 Å². The van der Waals surface area contributed by atoms with Gasteiger partial charge in [0.25, 0.3) is 0 Å². The summed E-state index contributed by atoms with van der Waals surface area (Å²) in [5, 5.41) is 0. The van der Waals surface area contributed by atoms with Crippen LogP contribution in [0.4, 0.5) is 0 Å². The van der Waals surface area contributed by atoms with Crippen LogP contribution in [0.15, 0.2) is 0 Å². The molecule has 0 fully saturated rings. The highest BCUT2D eigenvalue weighted by Gasteiger charge is 2.03. The predicted octanol–water partition coefficient (Wildman–Crippen LogP) is 0.777. The molecular weight excluding hydrogens is 142 g/mol. The van der Waals surface area contributed by atoms with Crippen molar-refractivity contribution in [3.8, 4) is 0 Å². The van der Waals surface area contributed by atoms with E-state index in [-0.39, 0.29) is 6.10 Å². The first-order valence-electron chi connectivity index (χ1n) is 4.15. The third-order valence-corrected chi connectivity index (χ3v) is 1.51. The maximum Gasteiger partial charge on any atom is 0.0704 e. The summed E-state index contributed by atoms with van der Waals surface area (Å²) in [4.78, 5) is 0. The van der Waals surface area contributed by atoms with Crippen molar-refractivity contribution >= 4 is 0 Å². The molecule has 0 saturated carbocycles. The summed E-state index contributed by atoms with van der Waals surface area (Å²) in [6.45, 7) is 4.04. The van der Waals surface area contributed by atoms with Gasteiger partial charge in [-0.1, -0.05) is 13.3 Å². The number of ether oxygens (including phenoxy) is 2. The third-order valence-electron chi connectivity index (χ3n) is 1.51. The normalized spacial score (nSPS) is 13.4. The van der Waals surface area contributed by atoms with Crippen molar-refractivity contribution in [2.75, 3.05) is 26.9 Å². The van der Waals surface area contributed by atoms with E-state index in [1.165, 1.54) is 0 Å². The van der Waals surface area contributed by atoms with Gasteiger partial charge in [-0.2, -0.15) is 0 Å². The van der Waals surface area contributed by atoms with Gasteiger partial charge in [0, 0.05) is 13.7 Å². The summed E-state index contributed by atoms with van der Waals surface area (Å²) in [6, 6.07) is 0. The molecule has 0 heterocycles. The summed E-state index contributed by atoms with van der Waals surface area (Å²) in [7, 11) is 1.67. The van der Waals surface area contributed by atoms with Gasteiger partial charge >= 0.3 is 0 Å². The average molecular weight is 161 g/mol. The van der Waals surface area contributed by atoms with Crippen molar-refractivity contribution in [3.05, 3.63) is 0 Å². The van der Waals surface area contributed by atoms with E-state index in [0.717, 1.165) is 12.8 Å². The lowest BCUT2D eigenvalue weighted by Crippen LogP contribution is -2.25. The number of nitrogens with two attached hydrogens (primary N) is 1. The largest absolute Gasteiger partial charge is 0.382 e.